The SMILES string of the molecule is Nc1ccc(N2CCOCC2)nc1N. The summed E-state index contributed by atoms with van der Waals surface area (Å²) in [5.41, 5.74) is 11.8. The summed E-state index contributed by atoms with van der Waals surface area (Å²) in [5, 5.41) is 0. The van der Waals surface area contributed by atoms with Crippen LogP contribution in [0.3, 0.4) is 0 Å². The van der Waals surface area contributed by atoms with Gasteiger partial charge >= 0.3 is 0 Å². The van der Waals surface area contributed by atoms with E-state index in [1.165, 1.54) is 0 Å². The van der Waals surface area contributed by atoms with Gasteiger partial charge in [-0.2, -0.15) is 0 Å². The molecule has 0 aliphatic carbocycles. The van der Waals surface area contributed by atoms with Crippen molar-refractivity contribution in [3.63, 3.8) is 0 Å². The lowest BCUT2D eigenvalue weighted by Gasteiger charge is -2.27. The van der Waals surface area contributed by atoms with Crippen LogP contribution in [-0.4, -0.2) is 31.3 Å². The number of morpholine rings is 1. The maximum atomic E-state index is 5.63. The Morgan fingerprint density at radius 1 is 1.21 bits per heavy atom. The predicted molar refractivity (Wildman–Crippen MR) is 56.1 cm³/mol. The second-order valence-corrected chi connectivity index (χ2v) is 3.24. The molecule has 1 fully saturated rings. The normalized spacial score (nSPS) is 17.0. The molecule has 5 nitrogen and oxygen atoms in total. The largest absolute Gasteiger partial charge is 0.396 e. The molecule has 2 heterocycles. The second kappa shape index (κ2) is 3.71. The number of rotatable bonds is 1. The van der Waals surface area contributed by atoms with Gasteiger partial charge in [-0.15, -0.1) is 0 Å². The first-order valence-corrected chi connectivity index (χ1v) is 4.62. The van der Waals surface area contributed by atoms with Crippen molar-refractivity contribution in [3.05, 3.63) is 12.1 Å². The zero-order chi connectivity index (χ0) is 9.97. The Morgan fingerprint density at radius 3 is 2.57 bits per heavy atom. The first kappa shape index (κ1) is 9.08. The minimum Gasteiger partial charge on any atom is -0.396 e. The van der Waals surface area contributed by atoms with E-state index in [9.17, 15) is 0 Å². The van der Waals surface area contributed by atoms with Gasteiger partial charge in [-0.1, -0.05) is 0 Å². The minimum absolute atomic E-state index is 0.397. The van der Waals surface area contributed by atoms with Crippen molar-refractivity contribution in [3.8, 4) is 0 Å². The van der Waals surface area contributed by atoms with E-state index in [1.807, 2.05) is 6.07 Å². The van der Waals surface area contributed by atoms with Crippen molar-refractivity contribution in [2.24, 2.45) is 0 Å². The number of nitrogens with two attached hydrogens (primary N) is 2. The summed E-state index contributed by atoms with van der Waals surface area (Å²) in [7, 11) is 0. The van der Waals surface area contributed by atoms with Gasteiger partial charge < -0.3 is 21.1 Å². The van der Waals surface area contributed by atoms with Crippen LogP contribution in [0.1, 0.15) is 0 Å². The van der Waals surface area contributed by atoms with E-state index in [2.05, 4.69) is 9.88 Å². The lowest BCUT2D eigenvalue weighted by Crippen LogP contribution is -2.36. The third kappa shape index (κ3) is 1.72. The lowest BCUT2D eigenvalue weighted by atomic mass is 10.3. The highest BCUT2D eigenvalue weighted by Crippen LogP contribution is 2.18. The van der Waals surface area contributed by atoms with Crippen LogP contribution in [0.2, 0.25) is 0 Å². The molecule has 0 unspecified atom stereocenters. The monoisotopic (exact) mass is 194 g/mol. The van der Waals surface area contributed by atoms with Crippen LogP contribution >= 0.6 is 0 Å². The molecule has 0 aromatic carbocycles. The number of hydrogen-bond acceptors (Lipinski definition) is 5. The Bertz CT molecular complexity index is 323. The first-order valence-electron chi connectivity index (χ1n) is 4.62. The van der Waals surface area contributed by atoms with E-state index in [-0.39, 0.29) is 0 Å². The average molecular weight is 194 g/mol. The molecule has 2 rings (SSSR count). The quantitative estimate of drug-likeness (QED) is 0.662. The van der Waals surface area contributed by atoms with Gasteiger partial charge in [0, 0.05) is 13.1 Å². The van der Waals surface area contributed by atoms with Crippen molar-refractivity contribution in [1.29, 1.82) is 0 Å². The molecule has 0 radical (unpaired) electrons. The van der Waals surface area contributed by atoms with Crippen molar-refractivity contribution >= 4 is 17.3 Å². The molecular weight excluding hydrogens is 180 g/mol. The summed E-state index contributed by atoms with van der Waals surface area (Å²) in [5.74, 6) is 1.27. The molecule has 5 heteroatoms. The molecule has 4 N–H and O–H groups in total. The molecule has 14 heavy (non-hydrogen) atoms. The summed E-state index contributed by atoms with van der Waals surface area (Å²) in [6.07, 6.45) is 0. The standard InChI is InChI=1S/C9H14N4O/c10-7-1-2-8(12-9(7)11)13-3-5-14-6-4-13/h1-2H,3-6,10H2,(H2,11,12). The van der Waals surface area contributed by atoms with Gasteiger partial charge in [0.05, 0.1) is 18.9 Å². The maximum absolute atomic E-state index is 5.63. The molecule has 1 aromatic heterocycles. The molecule has 76 valence electrons. The average Bonchev–Trinajstić information content (AvgIpc) is 2.23. The van der Waals surface area contributed by atoms with Crippen LogP contribution in [0.25, 0.3) is 0 Å². The van der Waals surface area contributed by atoms with Crippen LogP contribution < -0.4 is 16.4 Å². The molecule has 0 atom stereocenters. The topological polar surface area (TPSA) is 77.4 Å². The Labute approximate surface area is 82.7 Å². The zero-order valence-electron chi connectivity index (χ0n) is 7.94. The van der Waals surface area contributed by atoms with Crippen molar-refractivity contribution in [2.75, 3.05) is 42.7 Å². The van der Waals surface area contributed by atoms with Gasteiger partial charge in [-0.05, 0) is 12.1 Å². The van der Waals surface area contributed by atoms with Crippen LogP contribution in [-0.2, 0) is 4.74 Å². The van der Waals surface area contributed by atoms with Gasteiger partial charge in [0.15, 0.2) is 0 Å². The first-order chi connectivity index (χ1) is 6.77. The zero-order valence-corrected chi connectivity index (χ0v) is 7.94. The highest BCUT2D eigenvalue weighted by Gasteiger charge is 2.12. The fourth-order valence-electron chi connectivity index (χ4n) is 1.44. The fourth-order valence-corrected chi connectivity index (χ4v) is 1.44. The van der Waals surface area contributed by atoms with Crippen LogP contribution in [0.15, 0.2) is 12.1 Å². The molecule has 0 spiro atoms. The Kier molecular flexibility index (Phi) is 2.41. The molecule has 0 bridgehead atoms. The van der Waals surface area contributed by atoms with Crippen LogP contribution in [0, 0.1) is 0 Å². The smallest absolute Gasteiger partial charge is 0.149 e. The third-order valence-corrected chi connectivity index (χ3v) is 2.28. The van der Waals surface area contributed by atoms with E-state index < -0.39 is 0 Å². The number of nitrogens with zero attached hydrogens (tertiary/aromatic N) is 2. The molecular formula is C9H14N4O. The fraction of sp³-hybridized carbons (Fsp3) is 0.444. The van der Waals surface area contributed by atoms with Crippen LogP contribution in [0.5, 0.6) is 0 Å². The second-order valence-electron chi connectivity index (χ2n) is 3.24. The summed E-state index contributed by atoms with van der Waals surface area (Å²) < 4.78 is 5.25. The number of aromatic nitrogens is 1. The number of hydrogen-bond donors (Lipinski definition) is 2. The van der Waals surface area contributed by atoms with E-state index in [1.54, 1.807) is 6.07 Å². The number of ether oxygens (including phenoxy) is 1. The van der Waals surface area contributed by atoms with E-state index >= 15 is 0 Å². The van der Waals surface area contributed by atoms with Gasteiger partial charge in [-0.3, -0.25) is 0 Å². The molecule has 1 saturated heterocycles. The third-order valence-electron chi connectivity index (χ3n) is 2.28. The lowest BCUT2D eigenvalue weighted by molar-refractivity contribution is 0.122. The Balaban J connectivity index is 2.18. The molecule has 1 aliphatic rings. The summed E-state index contributed by atoms with van der Waals surface area (Å²) >= 11 is 0. The van der Waals surface area contributed by atoms with Crippen LogP contribution in [0.4, 0.5) is 17.3 Å². The minimum atomic E-state index is 0.397. The van der Waals surface area contributed by atoms with E-state index in [0.29, 0.717) is 11.5 Å². The summed E-state index contributed by atoms with van der Waals surface area (Å²) in [6, 6.07) is 3.67. The van der Waals surface area contributed by atoms with Crippen molar-refractivity contribution in [1.82, 2.24) is 4.98 Å². The Morgan fingerprint density at radius 2 is 1.93 bits per heavy atom. The van der Waals surface area contributed by atoms with E-state index in [4.69, 9.17) is 16.2 Å². The molecule has 1 aliphatic heterocycles. The molecule has 0 saturated carbocycles. The maximum Gasteiger partial charge on any atom is 0.149 e. The van der Waals surface area contributed by atoms with Gasteiger partial charge in [0.25, 0.3) is 0 Å². The van der Waals surface area contributed by atoms with Gasteiger partial charge in [-0.25, -0.2) is 4.98 Å². The highest BCUT2D eigenvalue weighted by molar-refractivity contribution is 5.62. The predicted octanol–water partition coefficient (Wildman–Crippen LogP) is 0.0826. The highest BCUT2D eigenvalue weighted by atomic mass is 16.5. The summed E-state index contributed by atoms with van der Waals surface area (Å²) in [4.78, 5) is 6.36. The van der Waals surface area contributed by atoms with Gasteiger partial charge in [0.1, 0.15) is 11.6 Å². The molecule has 1 aromatic rings. The number of pyridine rings is 1. The van der Waals surface area contributed by atoms with Gasteiger partial charge in [0.2, 0.25) is 0 Å². The Hall–Kier alpha value is -1.49. The number of nitrogen functional groups attached to an aromatic ring is 2. The van der Waals surface area contributed by atoms with Crippen molar-refractivity contribution in [2.45, 2.75) is 0 Å². The van der Waals surface area contributed by atoms with Crippen molar-refractivity contribution < 1.29 is 4.74 Å². The van der Waals surface area contributed by atoms with E-state index in [0.717, 1.165) is 32.1 Å². The molecule has 0 amide bonds. The number of anilines is 3. The summed E-state index contributed by atoms with van der Waals surface area (Å²) in [6.45, 7) is 3.20.